The Labute approximate surface area is 167 Å². The van der Waals surface area contributed by atoms with Crippen LogP contribution in [0, 0.1) is 20.8 Å². The number of pyridine rings is 1. The Morgan fingerprint density at radius 2 is 2.11 bits per heavy atom. The summed E-state index contributed by atoms with van der Waals surface area (Å²) < 4.78 is 6.01. The zero-order chi connectivity index (χ0) is 18.8. The topological polar surface area (TPSA) is 63.2 Å². The Kier molecular flexibility index (Phi) is 5.49. The number of aromatic nitrogens is 3. The molecule has 0 unspecified atom stereocenters. The first-order chi connectivity index (χ1) is 13.1. The number of hydrogen-bond acceptors (Lipinski definition) is 8. The van der Waals surface area contributed by atoms with Crippen LogP contribution in [0.2, 0.25) is 0 Å². The van der Waals surface area contributed by atoms with Gasteiger partial charge in [0.2, 0.25) is 0 Å². The fourth-order valence-electron chi connectivity index (χ4n) is 3.06. The molecule has 1 atom stereocenters. The Hall–Kier alpha value is -1.87. The predicted molar refractivity (Wildman–Crippen MR) is 110 cm³/mol. The molecule has 0 spiro atoms. The standard InChI is InChI=1S/C19H23N5OS2/c1-12-13(2)26-19(21-12)23-18-6-4-5-16(22-18)17-11-24(7-8-25-17)10-15-9-20-14(3)27-15/h4-6,9,17H,7-8,10-11H2,1-3H3,(H,21,22,23)/t17-/m0/s1. The van der Waals surface area contributed by atoms with Crippen LogP contribution < -0.4 is 5.32 Å². The number of nitrogens with one attached hydrogen (secondary N) is 1. The van der Waals surface area contributed by atoms with Gasteiger partial charge in [-0.15, -0.1) is 22.7 Å². The van der Waals surface area contributed by atoms with Gasteiger partial charge in [-0.25, -0.2) is 15.0 Å². The maximum absolute atomic E-state index is 6.01. The van der Waals surface area contributed by atoms with Gasteiger partial charge in [-0.3, -0.25) is 4.90 Å². The summed E-state index contributed by atoms with van der Waals surface area (Å²) in [5.41, 5.74) is 2.01. The van der Waals surface area contributed by atoms with E-state index in [1.54, 1.807) is 22.7 Å². The molecule has 6 nitrogen and oxygen atoms in total. The SMILES string of the molecule is Cc1ncc(CN2CCO[C@H](c3cccc(Nc4nc(C)c(C)s4)n3)C2)s1. The first-order valence-electron chi connectivity index (χ1n) is 9.00. The lowest BCUT2D eigenvalue weighted by molar-refractivity contribution is -0.0346. The van der Waals surface area contributed by atoms with E-state index in [0.717, 1.165) is 47.0 Å². The number of morpholine rings is 1. The maximum atomic E-state index is 6.01. The van der Waals surface area contributed by atoms with Crippen LogP contribution in [0.3, 0.4) is 0 Å². The van der Waals surface area contributed by atoms with Gasteiger partial charge in [0.05, 0.1) is 23.0 Å². The summed E-state index contributed by atoms with van der Waals surface area (Å²) >= 11 is 3.41. The van der Waals surface area contributed by atoms with Gasteiger partial charge in [0.1, 0.15) is 11.9 Å². The zero-order valence-electron chi connectivity index (χ0n) is 15.7. The summed E-state index contributed by atoms with van der Waals surface area (Å²) in [6.07, 6.45) is 1.96. The second-order valence-electron chi connectivity index (χ2n) is 6.67. The highest BCUT2D eigenvalue weighted by molar-refractivity contribution is 7.15. The Balaban J connectivity index is 1.44. The molecule has 0 radical (unpaired) electrons. The van der Waals surface area contributed by atoms with Crippen molar-refractivity contribution in [1.29, 1.82) is 0 Å². The van der Waals surface area contributed by atoms with Crippen molar-refractivity contribution in [1.82, 2.24) is 19.9 Å². The summed E-state index contributed by atoms with van der Waals surface area (Å²) in [5, 5.41) is 5.31. The Morgan fingerprint density at radius 3 is 2.85 bits per heavy atom. The van der Waals surface area contributed by atoms with Crippen molar-refractivity contribution in [3.05, 3.63) is 50.5 Å². The fourth-order valence-corrected chi connectivity index (χ4v) is 4.72. The molecule has 0 aliphatic carbocycles. The van der Waals surface area contributed by atoms with E-state index in [-0.39, 0.29) is 6.10 Å². The van der Waals surface area contributed by atoms with Crippen LogP contribution in [0.25, 0.3) is 0 Å². The first-order valence-corrected chi connectivity index (χ1v) is 10.6. The Bertz CT molecular complexity index is 903. The first kappa shape index (κ1) is 18.5. The average Bonchev–Trinajstić information content (AvgIpc) is 3.20. The molecule has 1 aliphatic heterocycles. The second-order valence-corrected chi connectivity index (χ2v) is 9.20. The quantitative estimate of drug-likeness (QED) is 0.690. The normalized spacial score (nSPS) is 18.0. The minimum Gasteiger partial charge on any atom is -0.369 e. The van der Waals surface area contributed by atoms with Crippen molar-refractivity contribution in [2.45, 2.75) is 33.4 Å². The van der Waals surface area contributed by atoms with E-state index >= 15 is 0 Å². The number of thiazole rings is 2. The van der Waals surface area contributed by atoms with Crippen LogP contribution >= 0.6 is 22.7 Å². The molecule has 0 saturated carbocycles. The molecule has 27 heavy (non-hydrogen) atoms. The van der Waals surface area contributed by atoms with E-state index in [4.69, 9.17) is 9.72 Å². The van der Waals surface area contributed by atoms with Gasteiger partial charge < -0.3 is 10.1 Å². The predicted octanol–water partition coefficient (Wildman–Crippen LogP) is 4.24. The second kappa shape index (κ2) is 8.02. The van der Waals surface area contributed by atoms with Crippen molar-refractivity contribution in [3.8, 4) is 0 Å². The molecule has 0 bridgehead atoms. The van der Waals surface area contributed by atoms with E-state index in [1.165, 1.54) is 9.75 Å². The Morgan fingerprint density at radius 1 is 1.22 bits per heavy atom. The summed E-state index contributed by atoms with van der Waals surface area (Å²) in [6.45, 7) is 9.55. The van der Waals surface area contributed by atoms with E-state index in [0.29, 0.717) is 6.61 Å². The van der Waals surface area contributed by atoms with Crippen molar-refractivity contribution in [3.63, 3.8) is 0 Å². The largest absolute Gasteiger partial charge is 0.369 e. The third kappa shape index (κ3) is 4.52. The molecule has 4 heterocycles. The van der Waals surface area contributed by atoms with Crippen LogP contribution in [-0.4, -0.2) is 39.5 Å². The van der Waals surface area contributed by atoms with Crippen LogP contribution in [0.5, 0.6) is 0 Å². The molecule has 3 aromatic heterocycles. The van der Waals surface area contributed by atoms with Gasteiger partial charge in [0, 0.05) is 35.6 Å². The zero-order valence-corrected chi connectivity index (χ0v) is 17.4. The van der Waals surface area contributed by atoms with E-state index < -0.39 is 0 Å². The van der Waals surface area contributed by atoms with Crippen LogP contribution in [0.15, 0.2) is 24.4 Å². The molecule has 1 saturated heterocycles. The summed E-state index contributed by atoms with van der Waals surface area (Å²) in [5.74, 6) is 0.806. The third-order valence-electron chi connectivity index (χ3n) is 4.56. The molecule has 0 amide bonds. The third-order valence-corrected chi connectivity index (χ3v) is 6.45. The highest BCUT2D eigenvalue weighted by Crippen LogP contribution is 2.27. The molecule has 4 rings (SSSR count). The number of ether oxygens (including phenoxy) is 1. The number of rotatable bonds is 5. The number of hydrogen-bond donors (Lipinski definition) is 1. The minimum atomic E-state index is -0.0192. The van der Waals surface area contributed by atoms with Crippen molar-refractivity contribution < 1.29 is 4.74 Å². The van der Waals surface area contributed by atoms with E-state index in [1.807, 2.05) is 38.2 Å². The highest BCUT2D eigenvalue weighted by Gasteiger charge is 2.24. The lowest BCUT2D eigenvalue weighted by atomic mass is 10.2. The summed E-state index contributed by atoms with van der Waals surface area (Å²) in [6, 6.07) is 6.03. The van der Waals surface area contributed by atoms with Crippen LogP contribution in [0.4, 0.5) is 10.9 Å². The molecule has 8 heteroatoms. The number of aryl methyl sites for hydroxylation is 3. The maximum Gasteiger partial charge on any atom is 0.188 e. The molecule has 0 aromatic carbocycles. The fraction of sp³-hybridized carbons (Fsp3) is 0.421. The van der Waals surface area contributed by atoms with E-state index in [9.17, 15) is 0 Å². The summed E-state index contributed by atoms with van der Waals surface area (Å²) in [4.78, 5) is 18.6. The molecular weight excluding hydrogens is 378 g/mol. The van der Waals surface area contributed by atoms with Crippen molar-refractivity contribution in [2.75, 3.05) is 25.0 Å². The van der Waals surface area contributed by atoms with Gasteiger partial charge >= 0.3 is 0 Å². The monoisotopic (exact) mass is 401 g/mol. The van der Waals surface area contributed by atoms with Gasteiger partial charge in [-0.2, -0.15) is 0 Å². The van der Waals surface area contributed by atoms with Gasteiger partial charge in [0.15, 0.2) is 5.13 Å². The van der Waals surface area contributed by atoms with Gasteiger partial charge in [0.25, 0.3) is 0 Å². The molecule has 1 aliphatic rings. The highest BCUT2D eigenvalue weighted by atomic mass is 32.1. The van der Waals surface area contributed by atoms with Gasteiger partial charge in [-0.05, 0) is 32.9 Å². The minimum absolute atomic E-state index is 0.0192. The van der Waals surface area contributed by atoms with Gasteiger partial charge in [-0.1, -0.05) is 6.07 Å². The molecular formula is C19H23N5OS2. The van der Waals surface area contributed by atoms with Crippen LogP contribution in [-0.2, 0) is 11.3 Å². The smallest absolute Gasteiger partial charge is 0.188 e. The molecule has 1 N–H and O–H groups in total. The average molecular weight is 402 g/mol. The van der Waals surface area contributed by atoms with Crippen LogP contribution in [0.1, 0.15) is 32.3 Å². The number of anilines is 2. The molecule has 1 fully saturated rings. The van der Waals surface area contributed by atoms with E-state index in [2.05, 4.69) is 27.1 Å². The summed E-state index contributed by atoms with van der Waals surface area (Å²) in [7, 11) is 0. The van der Waals surface area contributed by atoms with Crippen molar-refractivity contribution in [2.24, 2.45) is 0 Å². The number of nitrogens with zero attached hydrogens (tertiary/aromatic N) is 4. The van der Waals surface area contributed by atoms with Crippen molar-refractivity contribution >= 4 is 33.6 Å². The molecule has 142 valence electrons. The molecule has 3 aromatic rings. The lowest BCUT2D eigenvalue weighted by Crippen LogP contribution is -2.37. The lowest BCUT2D eigenvalue weighted by Gasteiger charge is -2.32.